The number of anilines is 1. The molecule has 2 aromatic rings. The van der Waals surface area contributed by atoms with Gasteiger partial charge < -0.3 is 9.73 Å². The third-order valence-corrected chi connectivity index (χ3v) is 2.53. The predicted octanol–water partition coefficient (Wildman–Crippen LogP) is 1.63. The molecule has 0 bridgehead atoms. The van der Waals surface area contributed by atoms with Crippen molar-refractivity contribution in [3.63, 3.8) is 0 Å². The van der Waals surface area contributed by atoms with E-state index in [1.165, 1.54) is 19.1 Å². The van der Waals surface area contributed by atoms with E-state index in [0.717, 1.165) is 10.9 Å². The van der Waals surface area contributed by atoms with Crippen molar-refractivity contribution >= 4 is 28.3 Å². The van der Waals surface area contributed by atoms with Gasteiger partial charge in [-0.1, -0.05) is 0 Å². The van der Waals surface area contributed by atoms with Crippen LogP contribution in [0.4, 0.5) is 5.69 Å². The SMILES string of the molecule is CC(=O)C(=O)Nc1ccc2c(C)cc(=O)oc2c1. The van der Waals surface area contributed by atoms with E-state index < -0.39 is 17.3 Å². The summed E-state index contributed by atoms with van der Waals surface area (Å²) < 4.78 is 5.03. The fourth-order valence-corrected chi connectivity index (χ4v) is 1.62. The lowest BCUT2D eigenvalue weighted by Gasteiger charge is -2.05. The topological polar surface area (TPSA) is 76.4 Å². The number of nitrogens with one attached hydrogen (secondary N) is 1. The number of aryl methyl sites for hydroxylation is 1. The van der Waals surface area contributed by atoms with Gasteiger partial charge in [-0.05, 0) is 24.6 Å². The van der Waals surface area contributed by atoms with Crippen molar-refractivity contribution in [2.75, 3.05) is 5.32 Å². The van der Waals surface area contributed by atoms with Crippen LogP contribution < -0.4 is 10.9 Å². The lowest BCUT2D eigenvalue weighted by atomic mass is 10.1. The lowest BCUT2D eigenvalue weighted by Crippen LogP contribution is -2.19. The molecule has 0 fully saturated rings. The van der Waals surface area contributed by atoms with Gasteiger partial charge >= 0.3 is 5.63 Å². The first-order valence-corrected chi connectivity index (χ1v) is 5.34. The van der Waals surface area contributed by atoms with Crippen LogP contribution in [-0.4, -0.2) is 11.7 Å². The van der Waals surface area contributed by atoms with Crippen molar-refractivity contribution in [2.45, 2.75) is 13.8 Å². The first-order chi connectivity index (χ1) is 8.47. The second-order valence-corrected chi connectivity index (χ2v) is 3.97. The van der Waals surface area contributed by atoms with Crippen molar-refractivity contribution in [1.29, 1.82) is 0 Å². The summed E-state index contributed by atoms with van der Waals surface area (Å²) in [7, 11) is 0. The standard InChI is InChI=1S/C13H11NO4/c1-7-5-12(16)18-11-6-9(3-4-10(7)11)14-13(17)8(2)15/h3-6H,1-2H3,(H,14,17). The Bertz CT molecular complexity index is 700. The van der Waals surface area contributed by atoms with Crippen molar-refractivity contribution in [1.82, 2.24) is 0 Å². The lowest BCUT2D eigenvalue weighted by molar-refractivity contribution is -0.133. The van der Waals surface area contributed by atoms with E-state index in [1.54, 1.807) is 19.1 Å². The molecule has 1 aromatic heterocycles. The van der Waals surface area contributed by atoms with E-state index in [0.29, 0.717) is 11.3 Å². The summed E-state index contributed by atoms with van der Waals surface area (Å²) in [6.07, 6.45) is 0. The highest BCUT2D eigenvalue weighted by molar-refractivity contribution is 6.39. The monoisotopic (exact) mass is 245 g/mol. The van der Waals surface area contributed by atoms with Crippen LogP contribution in [0.15, 0.2) is 33.5 Å². The molecule has 0 saturated carbocycles. The first-order valence-electron chi connectivity index (χ1n) is 5.34. The minimum atomic E-state index is -0.704. The number of rotatable bonds is 2. The molecule has 0 atom stereocenters. The van der Waals surface area contributed by atoms with E-state index in [1.807, 2.05) is 0 Å². The molecule has 0 aliphatic heterocycles. The number of hydrogen-bond acceptors (Lipinski definition) is 4. The number of carbonyl (C=O) groups excluding carboxylic acids is 2. The maximum absolute atomic E-state index is 11.2. The minimum Gasteiger partial charge on any atom is -0.423 e. The molecule has 1 heterocycles. The summed E-state index contributed by atoms with van der Waals surface area (Å²) in [4.78, 5) is 33.3. The fraction of sp³-hybridized carbons (Fsp3) is 0.154. The smallest absolute Gasteiger partial charge is 0.336 e. The number of ketones is 1. The van der Waals surface area contributed by atoms with Gasteiger partial charge in [-0.15, -0.1) is 0 Å². The summed E-state index contributed by atoms with van der Waals surface area (Å²) in [5.74, 6) is -1.29. The average Bonchev–Trinajstić information content (AvgIpc) is 2.27. The van der Waals surface area contributed by atoms with Crippen LogP contribution in [0.5, 0.6) is 0 Å². The Morgan fingerprint density at radius 2 is 1.94 bits per heavy atom. The van der Waals surface area contributed by atoms with Crippen LogP contribution in [0.1, 0.15) is 12.5 Å². The molecule has 0 aliphatic rings. The van der Waals surface area contributed by atoms with Crippen LogP contribution >= 0.6 is 0 Å². The Hall–Kier alpha value is -2.43. The van der Waals surface area contributed by atoms with Crippen LogP contribution in [0.3, 0.4) is 0 Å². The Morgan fingerprint density at radius 3 is 2.61 bits per heavy atom. The molecule has 92 valence electrons. The van der Waals surface area contributed by atoms with Gasteiger partial charge in [0.25, 0.3) is 5.91 Å². The molecule has 5 heteroatoms. The third kappa shape index (κ3) is 2.29. The Labute approximate surface area is 102 Å². The van der Waals surface area contributed by atoms with Crippen molar-refractivity contribution in [2.24, 2.45) is 0 Å². The zero-order valence-corrected chi connectivity index (χ0v) is 9.94. The number of carbonyl (C=O) groups is 2. The number of amides is 1. The molecular weight excluding hydrogens is 234 g/mol. The predicted molar refractivity (Wildman–Crippen MR) is 66.5 cm³/mol. The van der Waals surface area contributed by atoms with Crippen molar-refractivity contribution in [3.8, 4) is 0 Å². The summed E-state index contributed by atoms with van der Waals surface area (Å²) >= 11 is 0. The summed E-state index contributed by atoms with van der Waals surface area (Å²) in [5, 5.41) is 3.21. The maximum atomic E-state index is 11.2. The molecule has 18 heavy (non-hydrogen) atoms. The maximum Gasteiger partial charge on any atom is 0.336 e. The van der Waals surface area contributed by atoms with E-state index in [-0.39, 0.29) is 0 Å². The van der Waals surface area contributed by atoms with Crippen LogP contribution in [0, 0.1) is 6.92 Å². The molecule has 0 spiro atoms. The van der Waals surface area contributed by atoms with Gasteiger partial charge in [0.2, 0.25) is 5.78 Å². The Morgan fingerprint density at radius 1 is 1.22 bits per heavy atom. The number of fused-ring (bicyclic) bond motifs is 1. The van der Waals surface area contributed by atoms with Gasteiger partial charge in [0.05, 0.1) is 0 Å². The van der Waals surface area contributed by atoms with Crippen LogP contribution in [-0.2, 0) is 9.59 Å². The highest BCUT2D eigenvalue weighted by Crippen LogP contribution is 2.20. The molecule has 0 unspecified atom stereocenters. The highest BCUT2D eigenvalue weighted by atomic mass is 16.4. The van der Waals surface area contributed by atoms with Crippen molar-refractivity contribution < 1.29 is 14.0 Å². The Balaban J connectivity index is 2.47. The molecule has 1 aromatic carbocycles. The zero-order chi connectivity index (χ0) is 13.3. The van der Waals surface area contributed by atoms with Gasteiger partial charge in [-0.2, -0.15) is 0 Å². The van der Waals surface area contributed by atoms with E-state index >= 15 is 0 Å². The van der Waals surface area contributed by atoms with Gasteiger partial charge in [0, 0.05) is 30.1 Å². The van der Waals surface area contributed by atoms with Crippen LogP contribution in [0.2, 0.25) is 0 Å². The molecule has 1 N–H and O–H groups in total. The molecule has 0 saturated heterocycles. The average molecular weight is 245 g/mol. The Kier molecular flexibility index (Phi) is 2.97. The summed E-state index contributed by atoms with van der Waals surface area (Å²) in [6, 6.07) is 6.29. The molecule has 5 nitrogen and oxygen atoms in total. The fourth-order valence-electron chi connectivity index (χ4n) is 1.62. The third-order valence-electron chi connectivity index (χ3n) is 2.53. The minimum absolute atomic E-state index is 0.376. The number of Topliss-reactive ketones (excluding diaryl/α,β-unsaturated/α-hetero) is 1. The van der Waals surface area contributed by atoms with E-state index in [9.17, 15) is 14.4 Å². The second-order valence-electron chi connectivity index (χ2n) is 3.97. The first kappa shape index (κ1) is 12.0. The van der Waals surface area contributed by atoms with Crippen LogP contribution in [0.25, 0.3) is 11.0 Å². The summed E-state index contributed by atoms with van der Waals surface area (Å²) in [5.41, 5.74) is 1.14. The highest BCUT2D eigenvalue weighted by Gasteiger charge is 2.09. The van der Waals surface area contributed by atoms with Gasteiger partial charge in [-0.3, -0.25) is 9.59 Å². The van der Waals surface area contributed by atoms with Gasteiger partial charge in [-0.25, -0.2) is 4.79 Å². The van der Waals surface area contributed by atoms with Crippen molar-refractivity contribution in [3.05, 3.63) is 40.2 Å². The van der Waals surface area contributed by atoms with Gasteiger partial charge in [0.15, 0.2) is 0 Å². The molecule has 0 aliphatic carbocycles. The molecule has 0 radical (unpaired) electrons. The number of benzene rings is 1. The molecular formula is C13H11NO4. The molecule has 2 rings (SSSR count). The molecule has 1 amide bonds. The number of hydrogen-bond donors (Lipinski definition) is 1. The van der Waals surface area contributed by atoms with E-state index in [4.69, 9.17) is 4.42 Å². The largest absolute Gasteiger partial charge is 0.423 e. The van der Waals surface area contributed by atoms with E-state index in [2.05, 4.69) is 5.32 Å². The quantitative estimate of drug-likeness (QED) is 0.644. The normalized spacial score (nSPS) is 10.3. The zero-order valence-electron chi connectivity index (χ0n) is 9.94. The second kappa shape index (κ2) is 4.44. The van der Waals surface area contributed by atoms with Gasteiger partial charge in [0.1, 0.15) is 5.58 Å². The summed E-state index contributed by atoms with van der Waals surface area (Å²) in [6.45, 7) is 2.98.